The van der Waals surface area contributed by atoms with Gasteiger partial charge in [-0.25, -0.2) is 0 Å². The molecule has 0 radical (unpaired) electrons. The summed E-state index contributed by atoms with van der Waals surface area (Å²) in [4.78, 5) is 26.5. The molecule has 29 heavy (non-hydrogen) atoms. The molecule has 4 rings (SSSR count). The Morgan fingerprint density at radius 3 is 2.66 bits per heavy atom. The van der Waals surface area contributed by atoms with E-state index in [1.165, 1.54) is 6.92 Å². The van der Waals surface area contributed by atoms with Crippen LogP contribution in [0.5, 0.6) is 0 Å². The fraction of sp³-hybridized carbons (Fsp3) is 0.348. The zero-order valence-corrected chi connectivity index (χ0v) is 16.9. The molecule has 3 aromatic rings. The minimum absolute atomic E-state index is 0.00723. The molecule has 2 heterocycles. The van der Waals surface area contributed by atoms with Gasteiger partial charge in [0.15, 0.2) is 0 Å². The van der Waals surface area contributed by atoms with E-state index in [4.69, 9.17) is 4.52 Å². The van der Waals surface area contributed by atoms with E-state index in [1.54, 1.807) is 4.90 Å². The van der Waals surface area contributed by atoms with E-state index in [0.29, 0.717) is 19.5 Å². The summed E-state index contributed by atoms with van der Waals surface area (Å²) in [5, 5.41) is 9.39. The number of hydrogen-bond donors (Lipinski definition) is 1. The number of carbonyl (C=O) groups excluding carboxylic acids is 2. The molecule has 0 spiro atoms. The Morgan fingerprint density at radius 1 is 1.14 bits per heavy atom. The average Bonchev–Trinajstić information content (AvgIpc) is 3.13. The molecule has 1 aliphatic heterocycles. The van der Waals surface area contributed by atoms with Crippen LogP contribution in [0.1, 0.15) is 32.1 Å². The lowest BCUT2D eigenvalue weighted by Crippen LogP contribution is -2.51. The Bertz CT molecular complexity index is 1060. The van der Waals surface area contributed by atoms with E-state index in [0.717, 1.165) is 33.4 Å². The van der Waals surface area contributed by atoms with E-state index < -0.39 is 6.04 Å². The second kappa shape index (κ2) is 7.70. The number of amides is 2. The van der Waals surface area contributed by atoms with Crippen LogP contribution in [-0.4, -0.2) is 34.5 Å². The molecule has 0 fully saturated rings. The topological polar surface area (TPSA) is 75.4 Å². The van der Waals surface area contributed by atoms with Gasteiger partial charge in [0.1, 0.15) is 17.5 Å². The fourth-order valence-corrected chi connectivity index (χ4v) is 3.97. The molecule has 2 amide bonds. The molecular formula is C23H25N3O3. The van der Waals surface area contributed by atoms with Crippen molar-refractivity contribution in [1.82, 2.24) is 15.4 Å². The maximum Gasteiger partial charge on any atom is 0.245 e. The van der Waals surface area contributed by atoms with E-state index in [2.05, 4.69) is 28.7 Å². The van der Waals surface area contributed by atoms with Crippen LogP contribution in [0.3, 0.4) is 0 Å². The third-order valence-electron chi connectivity index (χ3n) is 5.48. The Balaban J connectivity index is 1.68. The Kier molecular flexibility index (Phi) is 5.09. The zero-order chi connectivity index (χ0) is 20.5. The Labute approximate surface area is 169 Å². The van der Waals surface area contributed by atoms with E-state index in [9.17, 15) is 9.59 Å². The van der Waals surface area contributed by atoms with Crippen molar-refractivity contribution in [3.05, 3.63) is 53.8 Å². The van der Waals surface area contributed by atoms with Crippen LogP contribution in [-0.2, 0) is 22.6 Å². The van der Waals surface area contributed by atoms with Crippen LogP contribution >= 0.6 is 0 Å². The van der Waals surface area contributed by atoms with Crippen LogP contribution < -0.4 is 5.32 Å². The predicted molar refractivity (Wildman–Crippen MR) is 111 cm³/mol. The lowest BCUT2D eigenvalue weighted by Gasteiger charge is -2.31. The van der Waals surface area contributed by atoms with E-state index >= 15 is 0 Å². The summed E-state index contributed by atoms with van der Waals surface area (Å²) in [6, 6.07) is 13.8. The first-order valence-electron chi connectivity index (χ1n) is 9.97. The molecule has 6 heteroatoms. The van der Waals surface area contributed by atoms with E-state index in [-0.39, 0.29) is 17.7 Å². The van der Waals surface area contributed by atoms with Crippen LogP contribution in [0.25, 0.3) is 22.0 Å². The van der Waals surface area contributed by atoms with Crippen molar-refractivity contribution in [2.75, 3.05) is 6.54 Å². The predicted octanol–water partition coefficient (Wildman–Crippen LogP) is 3.54. The third kappa shape index (κ3) is 3.62. The van der Waals surface area contributed by atoms with Gasteiger partial charge in [0, 0.05) is 31.0 Å². The van der Waals surface area contributed by atoms with Gasteiger partial charge in [-0.15, -0.1) is 0 Å². The summed E-state index contributed by atoms with van der Waals surface area (Å²) < 4.78 is 5.63. The monoisotopic (exact) mass is 391 g/mol. The van der Waals surface area contributed by atoms with Gasteiger partial charge in [0.2, 0.25) is 11.8 Å². The fourth-order valence-electron chi connectivity index (χ4n) is 3.97. The highest BCUT2D eigenvalue weighted by molar-refractivity contribution is 5.96. The van der Waals surface area contributed by atoms with Gasteiger partial charge in [-0.1, -0.05) is 61.5 Å². The smallest absolute Gasteiger partial charge is 0.245 e. The standard InChI is InChI=1S/C23H25N3O3/c1-14(2)21(24-15(3)27)23(28)26-12-11-20-19(13-26)22(25-29-20)18-10-6-8-16-7-4-5-9-17(16)18/h4-10,14,21H,11-13H2,1-3H3,(H,24,27). The van der Waals surface area contributed by atoms with Crippen molar-refractivity contribution in [3.8, 4) is 11.3 Å². The molecule has 1 aliphatic rings. The maximum absolute atomic E-state index is 13.1. The number of carbonyl (C=O) groups is 2. The number of hydrogen-bond acceptors (Lipinski definition) is 4. The first-order valence-corrected chi connectivity index (χ1v) is 9.97. The molecule has 0 aliphatic carbocycles. The molecule has 1 N–H and O–H groups in total. The zero-order valence-electron chi connectivity index (χ0n) is 16.9. The van der Waals surface area contributed by atoms with E-state index in [1.807, 2.05) is 38.1 Å². The highest BCUT2D eigenvalue weighted by Crippen LogP contribution is 2.34. The van der Waals surface area contributed by atoms with Gasteiger partial charge in [-0.2, -0.15) is 0 Å². The Hall–Kier alpha value is -3.15. The number of aromatic nitrogens is 1. The number of fused-ring (bicyclic) bond motifs is 2. The molecule has 2 aromatic carbocycles. The summed E-state index contributed by atoms with van der Waals surface area (Å²) >= 11 is 0. The second-order valence-corrected chi connectivity index (χ2v) is 7.89. The average molecular weight is 391 g/mol. The molecule has 1 aromatic heterocycles. The van der Waals surface area contributed by atoms with Crippen LogP contribution in [0, 0.1) is 5.92 Å². The van der Waals surface area contributed by atoms with Crippen molar-refractivity contribution >= 4 is 22.6 Å². The lowest BCUT2D eigenvalue weighted by molar-refractivity contribution is -0.138. The molecule has 0 bridgehead atoms. The van der Waals surface area contributed by atoms with Gasteiger partial charge in [0.05, 0.1) is 6.54 Å². The minimum Gasteiger partial charge on any atom is -0.360 e. The molecule has 6 nitrogen and oxygen atoms in total. The molecule has 0 saturated heterocycles. The van der Waals surface area contributed by atoms with Gasteiger partial charge < -0.3 is 14.7 Å². The first-order chi connectivity index (χ1) is 14.0. The third-order valence-corrected chi connectivity index (χ3v) is 5.48. The van der Waals surface area contributed by atoms with Crippen molar-refractivity contribution in [3.63, 3.8) is 0 Å². The minimum atomic E-state index is -0.532. The molecular weight excluding hydrogens is 366 g/mol. The summed E-state index contributed by atoms with van der Waals surface area (Å²) in [5.74, 6) is 0.576. The van der Waals surface area contributed by atoms with Crippen LogP contribution in [0.2, 0.25) is 0 Å². The first kappa shape index (κ1) is 19.2. The summed E-state index contributed by atoms with van der Waals surface area (Å²) in [5.41, 5.74) is 2.74. The van der Waals surface area contributed by atoms with Gasteiger partial charge in [0.25, 0.3) is 0 Å². The quantitative estimate of drug-likeness (QED) is 0.738. The van der Waals surface area contributed by atoms with Gasteiger partial charge in [-0.05, 0) is 16.7 Å². The van der Waals surface area contributed by atoms with Crippen molar-refractivity contribution in [1.29, 1.82) is 0 Å². The molecule has 1 unspecified atom stereocenters. The van der Waals surface area contributed by atoms with Crippen molar-refractivity contribution in [2.45, 2.75) is 39.8 Å². The second-order valence-electron chi connectivity index (χ2n) is 7.89. The van der Waals surface area contributed by atoms with Crippen molar-refractivity contribution < 1.29 is 14.1 Å². The molecule has 1 atom stereocenters. The maximum atomic E-state index is 13.1. The van der Waals surface area contributed by atoms with Gasteiger partial charge in [-0.3, -0.25) is 9.59 Å². The number of rotatable bonds is 4. The molecule has 0 saturated carbocycles. The van der Waals surface area contributed by atoms with Gasteiger partial charge >= 0.3 is 0 Å². The Morgan fingerprint density at radius 2 is 1.90 bits per heavy atom. The number of benzene rings is 2. The van der Waals surface area contributed by atoms with Crippen LogP contribution in [0.4, 0.5) is 0 Å². The SMILES string of the molecule is CC(=O)NC(C(=O)N1CCc2onc(-c3cccc4ccccc34)c2C1)C(C)C. The summed E-state index contributed by atoms with van der Waals surface area (Å²) in [6.07, 6.45) is 0.615. The van der Waals surface area contributed by atoms with Crippen LogP contribution in [0.15, 0.2) is 47.0 Å². The lowest BCUT2D eigenvalue weighted by atomic mass is 9.96. The highest BCUT2D eigenvalue weighted by atomic mass is 16.5. The molecule has 150 valence electrons. The number of nitrogens with zero attached hydrogens (tertiary/aromatic N) is 2. The highest BCUT2D eigenvalue weighted by Gasteiger charge is 2.33. The normalized spacial score (nSPS) is 14.7. The van der Waals surface area contributed by atoms with Crippen molar-refractivity contribution in [2.24, 2.45) is 5.92 Å². The largest absolute Gasteiger partial charge is 0.360 e. The summed E-state index contributed by atoms with van der Waals surface area (Å²) in [6.45, 7) is 6.30. The number of nitrogens with one attached hydrogen (secondary N) is 1. The summed E-state index contributed by atoms with van der Waals surface area (Å²) in [7, 11) is 0.